The average Bonchev–Trinajstić information content (AvgIpc) is 2.14. The Labute approximate surface area is 84.7 Å². The Morgan fingerprint density at radius 1 is 1.64 bits per heavy atom. The van der Waals surface area contributed by atoms with Gasteiger partial charge in [-0.1, -0.05) is 0 Å². The van der Waals surface area contributed by atoms with Crippen molar-refractivity contribution in [2.24, 2.45) is 0 Å². The van der Waals surface area contributed by atoms with E-state index in [0.29, 0.717) is 6.54 Å². The highest BCUT2D eigenvalue weighted by Gasteiger charge is 2.23. The molecule has 1 unspecified atom stereocenters. The molecule has 0 saturated carbocycles. The normalized spacial score (nSPS) is 24.0. The highest BCUT2D eigenvalue weighted by molar-refractivity contribution is 5.79. The molecule has 0 aromatic rings. The van der Waals surface area contributed by atoms with E-state index in [2.05, 4.69) is 15.1 Å². The molecule has 0 aromatic heterocycles. The molecule has 14 heavy (non-hydrogen) atoms. The van der Waals surface area contributed by atoms with Crippen molar-refractivity contribution in [1.29, 1.82) is 0 Å². The predicted octanol–water partition coefficient (Wildman–Crippen LogP) is -1.66. The molecule has 0 aliphatic carbocycles. The van der Waals surface area contributed by atoms with Gasteiger partial charge in [-0.05, 0) is 14.1 Å². The van der Waals surface area contributed by atoms with Crippen molar-refractivity contribution in [2.75, 3.05) is 46.9 Å². The number of carbonyl (C=O) groups is 1. The van der Waals surface area contributed by atoms with Crippen molar-refractivity contribution in [2.45, 2.75) is 6.04 Å². The van der Waals surface area contributed by atoms with Gasteiger partial charge in [0.15, 0.2) is 0 Å². The molecule has 1 saturated heterocycles. The lowest BCUT2D eigenvalue weighted by molar-refractivity contribution is -0.126. The standard InChI is InChI=1S/C9H19N3O2/c1-11(2)3-4-12-5-8(7-13)10-9(14)6-12/h8,13H,3-7H2,1-2H3,(H,10,14). The van der Waals surface area contributed by atoms with Crippen LogP contribution in [0.2, 0.25) is 0 Å². The molecule has 0 bridgehead atoms. The van der Waals surface area contributed by atoms with E-state index in [1.165, 1.54) is 0 Å². The molecule has 1 amide bonds. The number of likely N-dealkylation sites (N-methyl/N-ethyl adjacent to an activating group) is 1. The summed E-state index contributed by atoms with van der Waals surface area (Å²) < 4.78 is 0. The van der Waals surface area contributed by atoms with Crippen molar-refractivity contribution >= 4 is 5.91 Å². The van der Waals surface area contributed by atoms with Crippen LogP contribution < -0.4 is 5.32 Å². The molecule has 1 fully saturated rings. The van der Waals surface area contributed by atoms with E-state index in [4.69, 9.17) is 5.11 Å². The number of rotatable bonds is 4. The molecule has 1 rings (SSSR count). The molecule has 5 heteroatoms. The third-order valence-electron chi connectivity index (χ3n) is 2.29. The largest absolute Gasteiger partial charge is 0.394 e. The minimum absolute atomic E-state index is 0.00839. The predicted molar refractivity (Wildman–Crippen MR) is 54.0 cm³/mol. The fourth-order valence-electron chi connectivity index (χ4n) is 1.51. The Bertz CT molecular complexity index is 196. The van der Waals surface area contributed by atoms with Crippen molar-refractivity contribution in [3.63, 3.8) is 0 Å². The highest BCUT2D eigenvalue weighted by Crippen LogP contribution is 1.99. The minimum Gasteiger partial charge on any atom is -0.394 e. The Morgan fingerprint density at radius 3 is 2.93 bits per heavy atom. The molecule has 1 heterocycles. The van der Waals surface area contributed by atoms with Crippen molar-refractivity contribution in [3.8, 4) is 0 Å². The van der Waals surface area contributed by atoms with Gasteiger partial charge < -0.3 is 15.3 Å². The number of carbonyl (C=O) groups excluding carboxylic acids is 1. The van der Waals surface area contributed by atoms with Gasteiger partial charge in [-0.2, -0.15) is 0 Å². The molecule has 0 radical (unpaired) electrons. The second kappa shape index (κ2) is 5.29. The van der Waals surface area contributed by atoms with Gasteiger partial charge in [0.25, 0.3) is 0 Å². The maximum absolute atomic E-state index is 11.2. The zero-order valence-corrected chi connectivity index (χ0v) is 8.86. The third-order valence-corrected chi connectivity index (χ3v) is 2.29. The van der Waals surface area contributed by atoms with E-state index in [1.807, 2.05) is 14.1 Å². The molecule has 82 valence electrons. The van der Waals surface area contributed by atoms with E-state index in [1.54, 1.807) is 0 Å². The van der Waals surface area contributed by atoms with Crippen molar-refractivity contribution in [1.82, 2.24) is 15.1 Å². The number of nitrogens with one attached hydrogen (secondary N) is 1. The first-order valence-electron chi connectivity index (χ1n) is 4.89. The first kappa shape index (κ1) is 11.4. The minimum atomic E-state index is -0.0987. The highest BCUT2D eigenvalue weighted by atomic mass is 16.3. The molecule has 5 nitrogen and oxygen atoms in total. The zero-order valence-electron chi connectivity index (χ0n) is 8.86. The van der Waals surface area contributed by atoms with E-state index < -0.39 is 0 Å². The quantitative estimate of drug-likeness (QED) is 0.572. The smallest absolute Gasteiger partial charge is 0.234 e. The second-order valence-electron chi connectivity index (χ2n) is 3.99. The van der Waals surface area contributed by atoms with Crippen LogP contribution in [0.15, 0.2) is 0 Å². The number of nitrogens with zero attached hydrogens (tertiary/aromatic N) is 2. The molecular formula is C9H19N3O2. The van der Waals surface area contributed by atoms with Gasteiger partial charge in [0, 0.05) is 19.6 Å². The zero-order chi connectivity index (χ0) is 10.6. The number of hydrogen-bond acceptors (Lipinski definition) is 4. The maximum Gasteiger partial charge on any atom is 0.234 e. The summed E-state index contributed by atoms with van der Waals surface area (Å²) in [7, 11) is 4.01. The summed E-state index contributed by atoms with van der Waals surface area (Å²) in [6.07, 6.45) is 0. The first-order chi connectivity index (χ1) is 6.61. The topological polar surface area (TPSA) is 55.8 Å². The van der Waals surface area contributed by atoms with Gasteiger partial charge in [-0.15, -0.1) is 0 Å². The maximum atomic E-state index is 11.2. The number of aliphatic hydroxyl groups is 1. The van der Waals surface area contributed by atoms with Crippen LogP contribution in [-0.4, -0.2) is 73.7 Å². The molecule has 0 aromatic carbocycles. The summed E-state index contributed by atoms with van der Waals surface area (Å²) in [5.74, 6) is 0.00839. The monoisotopic (exact) mass is 201 g/mol. The van der Waals surface area contributed by atoms with Gasteiger partial charge >= 0.3 is 0 Å². The van der Waals surface area contributed by atoms with E-state index >= 15 is 0 Å². The lowest BCUT2D eigenvalue weighted by atomic mass is 10.2. The summed E-state index contributed by atoms with van der Waals surface area (Å²) in [6.45, 7) is 3.02. The Kier molecular flexibility index (Phi) is 4.31. The summed E-state index contributed by atoms with van der Waals surface area (Å²) in [5.41, 5.74) is 0. The Morgan fingerprint density at radius 2 is 2.36 bits per heavy atom. The first-order valence-corrected chi connectivity index (χ1v) is 4.89. The lowest BCUT2D eigenvalue weighted by Crippen LogP contribution is -2.56. The van der Waals surface area contributed by atoms with Crippen molar-refractivity contribution < 1.29 is 9.90 Å². The van der Waals surface area contributed by atoms with Crippen LogP contribution in [-0.2, 0) is 4.79 Å². The van der Waals surface area contributed by atoms with E-state index in [0.717, 1.165) is 19.6 Å². The number of amides is 1. The summed E-state index contributed by atoms with van der Waals surface area (Å²) in [5, 5.41) is 11.7. The fourth-order valence-corrected chi connectivity index (χ4v) is 1.51. The summed E-state index contributed by atoms with van der Waals surface area (Å²) >= 11 is 0. The van der Waals surface area contributed by atoms with E-state index in [-0.39, 0.29) is 18.6 Å². The van der Waals surface area contributed by atoms with Gasteiger partial charge in [0.05, 0.1) is 19.2 Å². The lowest BCUT2D eigenvalue weighted by Gasteiger charge is -2.32. The van der Waals surface area contributed by atoms with Crippen LogP contribution in [0, 0.1) is 0 Å². The van der Waals surface area contributed by atoms with Gasteiger partial charge in [-0.3, -0.25) is 9.69 Å². The van der Waals surface area contributed by atoms with Crippen LogP contribution in [0.25, 0.3) is 0 Å². The molecule has 0 spiro atoms. The van der Waals surface area contributed by atoms with Crippen molar-refractivity contribution in [3.05, 3.63) is 0 Å². The van der Waals surface area contributed by atoms with Gasteiger partial charge in [0.2, 0.25) is 5.91 Å². The second-order valence-corrected chi connectivity index (χ2v) is 3.99. The van der Waals surface area contributed by atoms with Gasteiger partial charge in [0.1, 0.15) is 0 Å². The van der Waals surface area contributed by atoms with Crippen LogP contribution in [0.3, 0.4) is 0 Å². The molecule has 1 aliphatic heterocycles. The van der Waals surface area contributed by atoms with Crippen LogP contribution >= 0.6 is 0 Å². The molecular weight excluding hydrogens is 182 g/mol. The van der Waals surface area contributed by atoms with Crippen LogP contribution in [0.4, 0.5) is 0 Å². The number of aliphatic hydroxyl groups excluding tert-OH is 1. The number of hydrogen-bond donors (Lipinski definition) is 2. The average molecular weight is 201 g/mol. The van der Waals surface area contributed by atoms with Crippen LogP contribution in [0.5, 0.6) is 0 Å². The van der Waals surface area contributed by atoms with Crippen LogP contribution in [0.1, 0.15) is 0 Å². The number of piperazine rings is 1. The van der Waals surface area contributed by atoms with E-state index in [9.17, 15) is 4.79 Å². The molecule has 1 aliphatic rings. The van der Waals surface area contributed by atoms with Gasteiger partial charge in [-0.25, -0.2) is 0 Å². The summed E-state index contributed by atoms with van der Waals surface area (Å²) in [4.78, 5) is 15.4. The SMILES string of the molecule is CN(C)CCN1CC(=O)NC(CO)C1. The molecule has 2 N–H and O–H groups in total. The Hall–Kier alpha value is -0.650. The fraction of sp³-hybridized carbons (Fsp3) is 0.889. The third kappa shape index (κ3) is 3.61. The molecule has 1 atom stereocenters. The summed E-state index contributed by atoms with van der Waals surface area (Å²) in [6, 6.07) is -0.0987. The Balaban J connectivity index is 2.33.